The van der Waals surface area contributed by atoms with E-state index < -0.39 is 23.3 Å². The van der Waals surface area contributed by atoms with Crippen LogP contribution in [0.1, 0.15) is 39.1 Å². The number of carbonyl (C=O) groups excluding carboxylic acids is 3. The van der Waals surface area contributed by atoms with Crippen LogP contribution < -0.4 is 14.8 Å². The topological polar surface area (TPSA) is 84.9 Å². The first-order chi connectivity index (χ1) is 15.5. The molecule has 5 rings (SSSR count). The normalized spacial score (nSPS) is 18.3. The third-order valence-corrected chi connectivity index (χ3v) is 6.02. The second-order valence-corrected chi connectivity index (χ2v) is 8.15. The molecule has 1 fully saturated rings. The molecule has 1 saturated heterocycles. The minimum Gasteiger partial charge on any atom is -0.454 e. The predicted molar refractivity (Wildman–Crippen MR) is 112 cm³/mol. The lowest BCUT2D eigenvalue weighted by molar-refractivity contribution is -0.118. The molecule has 0 saturated carbocycles. The molecule has 0 aromatic heterocycles. The molecule has 0 unspecified atom stereocenters. The summed E-state index contributed by atoms with van der Waals surface area (Å²) in [6.45, 7) is 2.56. The van der Waals surface area contributed by atoms with Gasteiger partial charge in [0.2, 0.25) is 6.79 Å². The van der Waals surface area contributed by atoms with Gasteiger partial charge in [0, 0.05) is 42.9 Å². The number of nitrogens with one attached hydrogen (secondary N) is 1. The average molecular weight is 436 g/mol. The highest BCUT2D eigenvalue weighted by Crippen LogP contribution is 2.33. The van der Waals surface area contributed by atoms with Crippen molar-refractivity contribution in [3.05, 3.63) is 70.6 Å². The summed E-state index contributed by atoms with van der Waals surface area (Å²) in [7, 11) is 0. The molecule has 1 amide bonds. The standard InChI is InChI=1S/C24H21FN2O5/c25-15-2-3-17-18(10-15)23(29)19(11-20(17)28)24(30)26-16-5-7-27(8-6-16)12-14-1-4-21-22(9-14)32-13-31-21/h1-4,9-11,16H,5-8,12-13H2,(H,26,30). The van der Waals surface area contributed by atoms with Crippen LogP contribution >= 0.6 is 0 Å². The van der Waals surface area contributed by atoms with Crippen molar-refractivity contribution in [3.8, 4) is 11.5 Å². The van der Waals surface area contributed by atoms with Crippen LogP contribution in [0.3, 0.4) is 0 Å². The monoisotopic (exact) mass is 436 g/mol. The zero-order valence-corrected chi connectivity index (χ0v) is 17.2. The largest absolute Gasteiger partial charge is 0.454 e. The number of fused-ring (bicyclic) bond motifs is 2. The van der Waals surface area contributed by atoms with Crippen LogP contribution in [-0.4, -0.2) is 48.3 Å². The van der Waals surface area contributed by atoms with E-state index in [2.05, 4.69) is 10.2 Å². The molecule has 2 aromatic carbocycles. The molecule has 164 valence electrons. The Kier molecular flexibility index (Phi) is 5.22. The van der Waals surface area contributed by atoms with Gasteiger partial charge in [-0.1, -0.05) is 6.07 Å². The van der Waals surface area contributed by atoms with Gasteiger partial charge >= 0.3 is 0 Å². The van der Waals surface area contributed by atoms with Gasteiger partial charge in [0.25, 0.3) is 5.91 Å². The second kappa shape index (κ2) is 8.20. The fourth-order valence-electron chi connectivity index (χ4n) is 4.30. The Morgan fingerprint density at radius 2 is 1.81 bits per heavy atom. The molecular weight excluding hydrogens is 415 g/mol. The van der Waals surface area contributed by atoms with Crippen LogP contribution in [0.15, 0.2) is 48.0 Å². The third kappa shape index (κ3) is 3.89. The fraction of sp³-hybridized carbons (Fsp3) is 0.292. The van der Waals surface area contributed by atoms with Gasteiger partial charge in [-0.25, -0.2) is 4.39 Å². The van der Waals surface area contributed by atoms with E-state index in [1.165, 1.54) is 6.07 Å². The van der Waals surface area contributed by atoms with E-state index in [9.17, 15) is 18.8 Å². The highest BCUT2D eigenvalue weighted by atomic mass is 19.1. The molecule has 2 heterocycles. The summed E-state index contributed by atoms with van der Waals surface area (Å²) in [6, 6.07) is 9.20. The lowest BCUT2D eigenvalue weighted by Gasteiger charge is -2.32. The fourth-order valence-corrected chi connectivity index (χ4v) is 4.30. The maximum Gasteiger partial charge on any atom is 0.255 e. The Hall–Kier alpha value is -3.52. The van der Waals surface area contributed by atoms with Crippen molar-refractivity contribution in [2.24, 2.45) is 0 Å². The van der Waals surface area contributed by atoms with Crippen molar-refractivity contribution >= 4 is 17.5 Å². The van der Waals surface area contributed by atoms with E-state index in [0.717, 1.165) is 67.7 Å². The Labute approximate surface area is 183 Å². The number of hydrogen-bond acceptors (Lipinski definition) is 6. The number of rotatable bonds is 4. The molecule has 8 heteroatoms. The van der Waals surface area contributed by atoms with Crippen molar-refractivity contribution in [1.82, 2.24) is 10.2 Å². The van der Waals surface area contributed by atoms with Crippen molar-refractivity contribution in [2.75, 3.05) is 19.9 Å². The van der Waals surface area contributed by atoms with Gasteiger partial charge in [-0.15, -0.1) is 0 Å². The zero-order valence-electron chi connectivity index (χ0n) is 17.2. The number of piperidine rings is 1. The van der Waals surface area contributed by atoms with Gasteiger partial charge in [0.05, 0.1) is 5.57 Å². The molecule has 32 heavy (non-hydrogen) atoms. The number of Topliss-reactive ketones (excluding diaryl/α,β-unsaturated/α-hetero) is 1. The number of ketones is 2. The Morgan fingerprint density at radius 1 is 1.03 bits per heavy atom. The molecule has 0 radical (unpaired) electrons. The van der Waals surface area contributed by atoms with E-state index in [-0.39, 0.29) is 29.5 Å². The Bertz CT molecular complexity index is 1150. The number of allylic oxidation sites excluding steroid dienone is 1. The van der Waals surface area contributed by atoms with E-state index in [4.69, 9.17) is 9.47 Å². The molecule has 1 N–H and O–H groups in total. The second-order valence-electron chi connectivity index (χ2n) is 8.15. The Balaban J connectivity index is 1.18. The number of halogens is 1. The minimum absolute atomic E-state index is 0.0683. The highest BCUT2D eigenvalue weighted by molar-refractivity contribution is 6.34. The molecule has 2 aliphatic heterocycles. The first-order valence-corrected chi connectivity index (χ1v) is 10.5. The number of likely N-dealkylation sites (tertiary alicyclic amines) is 1. The van der Waals surface area contributed by atoms with Crippen molar-refractivity contribution < 1.29 is 28.2 Å². The van der Waals surface area contributed by atoms with E-state index in [1.54, 1.807) is 0 Å². The summed E-state index contributed by atoms with van der Waals surface area (Å²) in [5.74, 6) is -0.800. The number of hydrogen-bond donors (Lipinski definition) is 1. The van der Waals surface area contributed by atoms with Crippen LogP contribution in [0.2, 0.25) is 0 Å². The summed E-state index contributed by atoms with van der Waals surface area (Å²) in [4.78, 5) is 39.9. The van der Waals surface area contributed by atoms with Crippen molar-refractivity contribution in [3.63, 3.8) is 0 Å². The van der Waals surface area contributed by atoms with Gasteiger partial charge < -0.3 is 14.8 Å². The number of nitrogens with zero attached hydrogens (tertiary/aromatic N) is 1. The number of benzene rings is 2. The van der Waals surface area contributed by atoms with Crippen LogP contribution in [0.4, 0.5) is 4.39 Å². The van der Waals surface area contributed by atoms with E-state index >= 15 is 0 Å². The molecule has 0 atom stereocenters. The average Bonchev–Trinajstić information content (AvgIpc) is 3.25. The van der Waals surface area contributed by atoms with Gasteiger partial charge in [-0.2, -0.15) is 0 Å². The number of carbonyl (C=O) groups is 3. The molecule has 7 nitrogen and oxygen atoms in total. The first kappa shape index (κ1) is 20.4. The summed E-state index contributed by atoms with van der Waals surface area (Å²) < 4.78 is 24.3. The molecular formula is C24H21FN2O5. The zero-order chi connectivity index (χ0) is 22.2. The van der Waals surface area contributed by atoms with Crippen LogP contribution in [0.25, 0.3) is 0 Å². The van der Waals surface area contributed by atoms with Crippen LogP contribution in [-0.2, 0) is 11.3 Å². The SMILES string of the molecule is O=C(NC1CCN(Cc2ccc3c(c2)OCO3)CC1)C1=CC(=O)c2ccc(F)cc2C1=O. The quantitative estimate of drug-likeness (QED) is 0.742. The number of ether oxygens (including phenoxy) is 2. The molecule has 0 spiro atoms. The van der Waals surface area contributed by atoms with E-state index in [0.29, 0.717) is 0 Å². The van der Waals surface area contributed by atoms with Gasteiger partial charge in [0.1, 0.15) is 5.82 Å². The summed E-state index contributed by atoms with van der Waals surface area (Å²) in [5, 5.41) is 2.87. The summed E-state index contributed by atoms with van der Waals surface area (Å²) >= 11 is 0. The highest BCUT2D eigenvalue weighted by Gasteiger charge is 2.31. The molecule has 3 aliphatic rings. The molecule has 2 aromatic rings. The van der Waals surface area contributed by atoms with Crippen molar-refractivity contribution in [2.45, 2.75) is 25.4 Å². The van der Waals surface area contributed by atoms with Crippen LogP contribution in [0, 0.1) is 5.82 Å². The lowest BCUT2D eigenvalue weighted by Crippen LogP contribution is -2.45. The van der Waals surface area contributed by atoms with Gasteiger partial charge in [-0.05, 0) is 48.7 Å². The minimum atomic E-state index is -0.628. The lowest BCUT2D eigenvalue weighted by atomic mass is 9.88. The van der Waals surface area contributed by atoms with Gasteiger partial charge in [0.15, 0.2) is 23.1 Å². The maximum atomic E-state index is 13.6. The van der Waals surface area contributed by atoms with Gasteiger partial charge in [-0.3, -0.25) is 19.3 Å². The van der Waals surface area contributed by atoms with Crippen molar-refractivity contribution in [1.29, 1.82) is 0 Å². The predicted octanol–water partition coefficient (Wildman–Crippen LogP) is 2.64. The smallest absolute Gasteiger partial charge is 0.255 e. The number of amides is 1. The third-order valence-electron chi connectivity index (χ3n) is 6.02. The van der Waals surface area contributed by atoms with E-state index in [1.807, 2.05) is 18.2 Å². The summed E-state index contributed by atoms with van der Waals surface area (Å²) in [6.07, 6.45) is 2.49. The maximum absolute atomic E-state index is 13.6. The first-order valence-electron chi connectivity index (χ1n) is 10.5. The molecule has 1 aliphatic carbocycles. The Morgan fingerprint density at radius 3 is 2.62 bits per heavy atom. The van der Waals surface area contributed by atoms with Crippen LogP contribution in [0.5, 0.6) is 11.5 Å². The summed E-state index contributed by atoms with van der Waals surface area (Å²) in [5.41, 5.74) is 0.931. The molecule has 0 bridgehead atoms.